The maximum Gasteiger partial charge on any atom is 0.417 e. The van der Waals surface area contributed by atoms with Gasteiger partial charge in [0.1, 0.15) is 17.4 Å². The molecule has 9 nitrogen and oxygen atoms in total. The van der Waals surface area contributed by atoms with E-state index in [1.165, 1.54) is 11.2 Å². The van der Waals surface area contributed by atoms with Crippen LogP contribution in [0.15, 0.2) is 54.5 Å². The van der Waals surface area contributed by atoms with Crippen LogP contribution in [-0.2, 0) is 17.4 Å². The molecular formula is C22H22F3N7O2. The first-order chi connectivity index (χ1) is 16.2. The number of hydrogen-bond donors (Lipinski definition) is 4. The molecule has 1 unspecified atom stereocenters. The zero-order valence-corrected chi connectivity index (χ0v) is 18.1. The molecule has 2 amide bonds. The molecule has 12 heteroatoms. The van der Waals surface area contributed by atoms with E-state index in [9.17, 15) is 28.0 Å². The van der Waals surface area contributed by atoms with Gasteiger partial charge in [0.25, 0.3) is 11.8 Å². The molecule has 4 N–H and O–H groups in total. The van der Waals surface area contributed by atoms with E-state index in [0.717, 1.165) is 24.1 Å². The van der Waals surface area contributed by atoms with Gasteiger partial charge in [-0.1, -0.05) is 31.2 Å². The van der Waals surface area contributed by atoms with Crippen LogP contribution in [0.4, 0.5) is 13.2 Å². The molecule has 2 heterocycles. The Morgan fingerprint density at radius 1 is 1.18 bits per heavy atom. The second-order valence-corrected chi connectivity index (χ2v) is 7.29. The summed E-state index contributed by atoms with van der Waals surface area (Å²) in [6.45, 7) is 2.37. The number of amides is 2. The minimum Gasteiger partial charge on any atom is -0.349 e. The van der Waals surface area contributed by atoms with Crippen molar-refractivity contribution in [1.82, 2.24) is 31.6 Å². The Morgan fingerprint density at radius 3 is 2.50 bits per heavy atom. The number of hydrazine groups is 2. The van der Waals surface area contributed by atoms with Crippen LogP contribution in [0.3, 0.4) is 0 Å². The first kappa shape index (κ1) is 24.5. The van der Waals surface area contributed by atoms with E-state index >= 15 is 0 Å². The molecule has 3 rings (SSSR count). The van der Waals surface area contributed by atoms with E-state index in [4.69, 9.17) is 0 Å². The van der Waals surface area contributed by atoms with E-state index in [-0.39, 0.29) is 24.5 Å². The van der Waals surface area contributed by atoms with Crippen LogP contribution in [0.25, 0.3) is 0 Å². The Kier molecular flexibility index (Phi) is 7.70. The van der Waals surface area contributed by atoms with Gasteiger partial charge >= 0.3 is 6.18 Å². The maximum absolute atomic E-state index is 12.6. The molecule has 2 aromatic rings. The zero-order chi connectivity index (χ0) is 24.7. The third-order valence-electron chi connectivity index (χ3n) is 4.95. The number of aromatic nitrogens is 1. The summed E-state index contributed by atoms with van der Waals surface area (Å²) in [5.41, 5.74) is 6.27. The van der Waals surface area contributed by atoms with Gasteiger partial charge in [-0.2, -0.15) is 18.4 Å². The Hall–Kier alpha value is -4.11. The number of benzene rings is 1. The van der Waals surface area contributed by atoms with E-state index in [0.29, 0.717) is 11.8 Å². The molecule has 0 saturated carbocycles. The van der Waals surface area contributed by atoms with Gasteiger partial charge in [-0.15, -0.1) is 5.53 Å². The van der Waals surface area contributed by atoms with Gasteiger partial charge in [0.15, 0.2) is 0 Å². The number of aryl methyl sites for hydroxylation is 1. The molecule has 0 fully saturated rings. The van der Waals surface area contributed by atoms with Crippen molar-refractivity contribution in [2.45, 2.75) is 25.6 Å². The van der Waals surface area contributed by atoms with Gasteiger partial charge < -0.3 is 10.6 Å². The zero-order valence-electron chi connectivity index (χ0n) is 18.1. The quantitative estimate of drug-likeness (QED) is 0.462. The van der Waals surface area contributed by atoms with E-state index < -0.39 is 29.6 Å². The molecular weight excluding hydrogens is 451 g/mol. The lowest BCUT2D eigenvalue weighted by Crippen LogP contribution is -2.42. The SMILES string of the molecule is CCc1ccc(C(C#N)NC(=O)C2=CN(CCNC(=O)c3ccc(C(F)(F)F)cn3)NN2)cc1. The van der Waals surface area contributed by atoms with Crippen molar-refractivity contribution in [2.24, 2.45) is 0 Å². The smallest absolute Gasteiger partial charge is 0.349 e. The molecule has 0 radical (unpaired) electrons. The highest BCUT2D eigenvalue weighted by molar-refractivity contribution is 5.93. The van der Waals surface area contributed by atoms with Crippen molar-refractivity contribution in [3.8, 4) is 6.07 Å². The summed E-state index contributed by atoms with van der Waals surface area (Å²) in [5.74, 6) is -1.13. The number of pyridine rings is 1. The predicted octanol–water partition coefficient (Wildman–Crippen LogP) is 1.94. The highest BCUT2D eigenvalue weighted by atomic mass is 19.4. The number of carbonyl (C=O) groups is 2. The third-order valence-corrected chi connectivity index (χ3v) is 4.95. The number of nitriles is 1. The monoisotopic (exact) mass is 473 g/mol. The molecule has 178 valence electrons. The Labute approximate surface area is 193 Å². The topological polar surface area (TPSA) is 122 Å². The predicted molar refractivity (Wildman–Crippen MR) is 115 cm³/mol. The lowest BCUT2D eigenvalue weighted by Gasteiger charge is -2.15. The van der Waals surface area contributed by atoms with Crippen LogP contribution in [0.1, 0.15) is 40.1 Å². The van der Waals surface area contributed by atoms with Crippen LogP contribution in [-0.4, -0.2) is 34.9 Å². The van der Waals surface area contributed by atoms with Crippen LogP contribution in [0, 0.1) is 11.3 Å². The summed E-state index contributed by atoms with van der Waals surface area (Å²) in [6.07, 6.45) is -1.60. The van der Waals surface area contributed by atoms with Gasteiger partial charge in [0, 0.05) is 18.9 Å². The number of hydrogen-bond acceptors (Lipinski definition) is 7. The number of nitrogens with zero attached hydrogens (tertiary/aromatic N) is 3. The van der Waals surface area contributed by atoms with Gasteiger partial charge in [0.2, 0.25) is 0 Å². The van der Waals surface area contributed by atoms with Gasteiger partial charge in [0.05, 0.1) is 18.2 Å². The number of alkyl halides is 3. The first-order valence-electron chi connectivity index (χ1n) is 10.3. The summed E-state index contributed by atoms with van der Waals surface area (Å²) in [5, 5.41) is 16.1. The average Bonchev–Trinajstić information content (AvgIpc) is 3.31. The average molecular weight is 473 g/mol. The highest BCUT2D eigenvalue weighted by Crippen LogP contribution is 2.28. The summed E-state index contributed by atoms with van der Waals surface area (Å²) in [6, 6.07) is 10.4. The van der Waals surface area contributed by atoms with Gasteiger partial charge in [-0.05, 0) is 29.7 Å². The number of carbonyl (C=O) groups excluding carboxylic acids is 2. The lowest BCUT2D eigenvalue weighted by molar-refractivity contribution is -0.137. The molecule has 34 heavy (non-hydrogen) atoms. The van der Waals surface area contributed by atoms with Crippen molar-refractivity contribution < 1.29 is 22.8 Å². The van der Waals surface area contributed by atoms with Crippen LogP contribution >= 0.6 is 0 Å². The largest absolute Gasteiger partial charge is 0.417 e. The fourth-order valence-corrected chi connectivity index (χ4v) is 3.01. The number of rotatable bonds is 8. The standard InChI is InChI=1S/C22H22F3N7O2/c1-2-14-3-5-15(6-4-14)18(11-26)29-21(34)19-13-32(31-30-19)10-9-27-20(33)17-8-7-16(12-28-17)22(23,24)25/h3-8,12-13,18,30-31H,2,9-10H2,1H3,(H,27,33)(H,29,34). The summed E-state index contributed by atoms with van der Waals surface area (Å²) < 4.78 is 37.7. The fourth-order valence-electron chi connectivity index (χ4n) is 3.01. The van der Waals surface area contributed by atoms with Crippen molar-refractivity contribution in [1.29, 1.82) is 5.26 Å². The second-order valence-electron chi connectivity index (χ2n) is 7.29. The number of halogens is 3. The molecule has 1 atom stereocenters. The van der Waals surface area contributed by atoms with E-state index in [1.54, 1.807) is 12.1 Å². The molecule has 0 spiro atoms. The molecule has 0 saturated heterocycles. The Balaban J connectivity index is 1.48. The van der Waals surface area contributed by atoms with E-state index in [2.05, 4.69) is 32.6 Å². The van der Waals surface area contributed by atoms with Crippen LogP contribution in [0.5, 0.6) is 0 Å². The van der Waals surface area contributed by atoms with Gasteiger partial charge in [-0.25, -0.2) is 0 Å². The molecule has 1 aliphatic rings. The lowest BCUT2D eigenvalue weighted by atomic mass is 10.0. The van der Waals surface area contributed by atoms with Crippen molar-refractivity contribution in [2.75, 3.05) is 13.1 Å². The van der Waals surface area contributed by atoms with E-state index in [1.807, 2.05) is 19.1 Å². The van der Waals surface area contributed by atoms with Crippen molar-refractivity contribution in [3.63, 3.8) is 0 Å². The van der Waals surface area contributed by atoms with Crippen LogP contribution in [0.2, 0.25) is 0 Å². The fraction of sp³-hybridized carbons (Fsp3) is 0.273. The molecule has 0 aliphatic carbocycles. The molecule has 0 bridgehead atoms. The second kappa shape index (κ2) is 10.7. The molecule has 1 aromatic heterocycles. The first-order valence-corrected chi connectivity index (χ1v) is 10.3. The highest BCUT2D eigenvalue weighted by Gasteiger charge is 2.31. The molecule has 1 aromatic carbocycles. The minimum absolute atomic E-state index is 0.117. The Morgan fingerprint density at radius 2 is 1.91 bits per heavy atom. The maximum atomic E-state index is 12.6. The molecule has 1 aliphatic heterocycles. The minimum atomic E-state index is -4.53. The Bertz CT molecular complexity index is 1090. The van der Waals surface area contributed by atoms with Crippen LogP contribution < -0.4 is 21.6 Å². The summed E-state index contributed by atoms with van der Waals surface area (Å²) in [7, 11) is 0. The van der Waals surface area contributed by atoms with Crippen molar-refractivity contribution in [3.05, 3.63) is 76.9 Å². The van der Waals surface area contributed by atoms with Crippen molar-refractivity contribution >= 4 is 11.8 Å². The normalized spacial score (nSPS) is 14.0. The third kappa shape index (κ3) is 6.23. The summed E-state index contributed by atoms with van der Waals surface area (Å²) >= 11 is 0. The van der Waals surface area contributed by atoms with Gasteiger partial charge in [-0.3, -0.25) is 25.0 Å². The number of nitrogens with one attached hydrogen (secondary N) is 4. The summed E-state index contributed by atoms with van der Waals surface area (Å²) in [4.78, 5) is 28.1.